The highest BCUT2D eigenvalue weighted by molar-refractivity contribution is 7.70. The van der Waals surface area contributed by atoms with Crippen molar-refractivity contribution in [1.82, 2.24) is 9.97 Å². The van der Waals surface area contributed by atoms with Gasteiger partial charge in [0.05, 0.1) is 7.11 Å². The maximum Gasteiger partial charge on any atom is 0.240 e. The molecule has 0 fully saturated rings. The van der Waals surface area contributed by atoms with E-state index in [1.807, 2.05) is 6.07 Å². The van der Waals surface area contributed by atoms with Crippen LogP contribution >= 0.6 is 7.14 Å². The van der Waals surface area contributed by atoms with E-state index in [1.165, 1.54) is 7.11 Å². The van der Waals surface area contributed by atoms with Gasteiger partial charge in [0.1, 0.15) is 12.8 Å². The quantitative estimate of drug-likeness (QED) is 0.685. The Balaban J connectivity index is 2.61. The van der Waals surface area contributed by atoms with Gasteiger partial charge >= 0.3 is 0 Å². The van der Waals surface area contributed by atoms with E-state index in [0.29, 0.717) is 22.6 Å². The first-order valence-corrected chi connectivity index (χ1v) is 8.34. The zero-order valence-electron chi connectivity index (χ0n) is 11.1. The molecule has 6 heteroatoms. The molecule has 0 atom stereocenters. The zero-order valence-corrected chi connectivity index (χ0v) is 12.0. The minimum atomic E-state index is -2.44. The maximum absolute atomic E-state index is 12.2. The van der Waals surface area contributed by atoms with E-state index in [2.05, 4.69) is 9.97 Å². The van der Waals surface area contributed by atoms with E-state index >= 15 is 0 Å². The van der Waals surface area contributed by atoms with Crippen molar-refractivity contribution in [3.63, 3.8) is 0 Å². The predicted molar refractivity (Wildman–Crippen MR) is 77.5 cm³/mol. The number of ether oxygens (including phenoxy) is 1. The lowest BCUT2D eigenvalue weighted by Gasteiger charge is -2.13. The number of nitrogen functional groups attached to an aromatic ring is 1. The summed E-state index contributed by atoms with van der Waals surface area (Å²) in [6.45, 7) is 3.38. The van der Waals surface area contributed by atoms with Crippen LogP contribution in [0.3, 0.4) is 0 Å². The van der Waals surface area contributed by atoms with E-state index in [9.17, 15) is 4.57 Å². The lowest BCUT2D eigenvalue weighted by Crippen LogP contribution is -2.10. The molecule has 1 aromatic heterocycles. The summed E-state index contributed by atoms with van der Waals surface area (Å²) in [5.74, 6) is 0.431. The molecule has 0 saturated heterocycles. The number of anilines is 1. The van der Waals surface area contributed by atoms with Crippen molar-refractivity contribution in [3.8, 4) is 17.1 Å². The van der Waals surface area contributed by atoms with E-state index < -0.39 is 7.14 Å². The average Bonchev–Trinajstić information content (AvgIpc) is 2.38. The van der Waals surface area contributed by atoms with Crippen molar-refractivity contribution in [2.45, 2.75) is 0 Å². The van der Waals surface area contributed by atoms with Crippen LogP contribution in [0.5, 0.6) is 5.88 Å². The molecule has 2 rings (SSSR count). The number of nitrogens with two attached hydrogens (primary N) is 1. The zero-order chi connectivity index (χ0) is 14.0. The molecule has 0 saturated carbocycles. The van der Waals surface area contributed by atoms with Gasteiger partial charge in [0, 0.05) is 28.9 Å². The van der Waals surface area contributed by atoms with E-state index in [0.717, 1.165) is 5.56 Å². The standard InChI is InChI=1S/C13H16N3O2P/c1-18-13-12(15-6-7-16-13)9-4-5-10(14)11(8-9)19(2,3)17/h4-8H,14H2,1-3H3. The minimum Gasteiger partial charge on any atom is -0.479 e. The molecule has 0 bridgehead atoms. The van der Waals surface area contributed by atoms with Crippen molar-refractivity contribution in [2.75, 3.05) is 26.2 Å². The number of aromatic nitrogens is 2. The van der Waals surface area contributed by atoms with Gasteiger partial charge in [0.2, 0.25) is 5.88 Å². The van der Waals surface area contributed by atoms with Gasteiger partial charge < -0.3 is 15.0 Å². The van der Waals surface area contributed by atoms with Gasteiger partial charge in [0.15, 0.2) is 0 Å². The van der Waals surface area contributed by atoms with Crippen LogP contribution < -0.4 is 15.8 Å². The predicted octanol–water partition coefficient (Wildman–Crippen LogP) is 1.98. The second-order valence-electron chi connectivity index (χ2n) is 4.54. The van der Waals surface area contributed by atoms with E-state index in [4.69, 9.17) is 10.5 Å². The van der Waals surface area contributed by atoms with Gasteiger partial charge in [-0.25, -0.2) is 9.97 Å². The monoisotopic (exact) mass is 277 g/mol. The van der Waals surface area contributed by atoms with Crippen LogP contribution in [0.15, 0.2) is 30.6 Å². The number of hydrogen-bond donors (Lipinski definition) is 1. The Morgan fingerprint density at radius 3 is 2.53 bits per heavy atom. The minimum absolute atomic E-state index is 0.431. The second kappa shape index (κ2) is 5.02. The van der Waals surface area contributed by atoms with Gasteiger partial charge in [-0.2, -0.15) is 0 Å². The fourth-order valence-corrected chi connectivity index (χ4v) is 2.98. The Bertz CT molecular complexity index is 652. The summed E-state index contributed by atoms with van der Waals surface area (Å²) in [5.41, 5.74) is 7.81. The van der Waals surface area contributed by atoms with Gasteiger partial charge in [0.25, 0.3) is 0 Å². The molecule has 0 unspecified atom stereocenters. The average molecular weight is 277 g/mol. The summed E-state index contributed by atoms with van der Waals surface area (Å²) in [6.07, 6.45) is 3.15. The number of benzene rings is 1. The summed E-state index contributed by atoms with van der Waals surface area (Å²) in [6, 6.07) is 5.35. The van der Waals surface area contributed by atoms with E-state index in [1.54, 1.807) is 37.9 Å². The molecular weight excluding hydrogens is 261 g/mol. The molecule has 0 aliphatic carbocycles. The molecule has 1 heterocycles. The van der Waals surface area contributed by atoms with Crippen LogP contribution in [0.2, 0.25) is 0 Å². The molecule has 0 amide bonds. The first-order chi connectivity index (χ1) is 8.93. The molecular formula is C13H16N3O2P. The Kier molecular flexibility index (Phi) is 3.58. The summed E-state index contributed by atoms with van der Waals surface area (Å²) in [5, 5.41) is 0.651. The van der Waals surface area contributed by atoms with Gasteiger partial charge in [-0.15, -0.1) is 0 Å². The SMILES string of the molecule is COc1nccnc1-c1ccc(N)c(P(C)(C)=O)c1. The van der Waals surface area contributed by atoms with Crippen LogP contribution in [-0.2, 0) is 4.57 Å². The van der Waals surface area contributed by atoms with E-state index in [-0.39, 0.29) is 0 Å². The normalized spacial score (nSPS) is 11.3. The van der Waals surface area contributed by atoms with Crippen molar-refractivity contribution < 1.29 is 9.30 Å². The van der Waals surface area contributed by atoms with Crippen LogP contribution in [0.25, 0.3) is 11.3 Å². The highest BCUT2D eigenvalue weighted by Crippen LogP contribution is 2.38. The Morgan fingerprint density at radius 2 is 1.89 bits per heavy atom. The molecule has 0 spiro atoms. The largest absolute Gasteiger partial charge is 0.479 e. The third-order valence-corrected chi connectivity index (χ3v) is 4.29. The van der Waals surface area contributed by atoms with Crippen LogP contribution in [0, 0.1) is 0 Å². The first-order valence-electron chi connectivity index (χ1n) is 5.74. The number of nitrogens with zero attached hydrogens (tertiary/aromatic N) is 2. The molecule has 0 radical (unpaired) electrons. The summed E-state index contributed by atoms with van der Waals surface area (Å²) >= 11 is 0. The first kappa shape index (κ1) is 13.6. The smallest absolute Gasteiger partial charge is 0.240 e. The Hall–Kier alpha value is -1.87. The van der Waals surface area contributed by atoms with Crippen LogP contribution in [0.1, 0.15) is 0 Å². The second-order valence-corrected chi connectivity index (χ2v) is 7.72. The lowest BCUT2D eigenvalue weighted by molar-refractivity contribution is 0.398. The van der Waals surface area contributed by atoms with Gasteiger partial charge in [-0.1, -0.05) is 6.07 Å². The van der Waals surface area contributed by atoms with Crippen LogP contribution in [-0.4, -0.2) is 30.4 Å². The maximum atomic E-state index is 12.2. The Labute approximate surface area is 112 Å². The fraction of sp³-hybridized carbons (Fsp3) is 0.231. The van der Waals surface area contributed by atoms with Crippen molar-refractivity contribution in [1.29, 1.82) is 0 Å². The third-order valence-electron chi connectivity index (χ3n) is 2.74. The highest BCUT2D eigenvalue weighted by Gasteiger charge is 2.17. The highest BCUT2D eigenvalue weighted by atomic mass is 31.2. The lowest BCUT2D eigenvalue weighted by atomic mass is 10.1. The summed E-state index contributed by atoms with van der Waals surface area (Å²) in [7, 11) is -0.903. The molecule has 19 heavy (non-hydrogen) atoms. The number of hydrogen-bond acceptors (Lipinski definition) is 5. The van der Waals surface area contributed by atoms with Gasteiger partial charge in [-0.3, -0.25) is 0 Å². The molecule has 2 aromatic rings. The number of methoxy groups -OCH3 is 1. The van der Waals surface area contributed by atoms with Gasteiger partial charge in [-0.05, 0) is 25.5 Å². The fourth-order valence-electron chi connectivity index (χ4n) is 1.83. The molecule has 100 valence electrons. The van der Waals surface area contributed by atoms with Crippen molar-refractivity contribution in [3.05, 3.63) is 30.6 Å². The topological polar surface area (TPSA) is 78.1 Å². The Morgan fingerprint density at radius 1 is 1.21 bits per heavy atom. The van der Waals surface area contributed by atoms with Crippen molar-refractivity contribution >= 4 is 18.1 Å². The summed E-state index contributed by atoms with van der Waals surface area (Å²) in [4.78, 5) is 8.36. The molecule has 2 N–H and O–H groups in total. The molecule has 5 nitrogen and oxygen atoms in total. The molecule has 0 aliphatic rings. The summed E-state index contributed by atoms with van der Waals surface area (Å²) < 4.78 is 17.4. The molecule has 0 aliphatic heterocycles. The third kappa shape index (κ3) is 2.76. The molecule has 1 aromatic carbocycles. The van der Waals surface area contributed by atoms with Crippen LogP contribution in [0.4, 0.5) is 5.69 Å². The number of rotatable bonds is 3. The van der Waals surface area contributed by atoms with Crippen molar-refractivity contribution in [2.24, 2.45) is 0 Å².